The Hall–Kier alpha value is -1.70. The molecule has 2 saturated heterocycles. The minimum atomic E-state index is -2.78. The second-order valence-corrected chi connectivity index (χ2v) is 5.95. The third kappa shape index (κ3) is 3.21. The Kier molecular flexibility index (Phi) is 4.03. The maximum Gasteiger partial charge on any atom is 0.323 e. The third-order valence-electron chi connectivity index (χ3n) is 4.17. The first kappa shape index (κ1) is 15.2. The quantitative estimate of drug-likeness (QED) is 0.910. The van der Waals surface area contributed by atoms with Gasteiger partial charge in [-0.15, -0.1) is 0 Å². The largest absolute Gasteiger partial charge is 0.381 e. The van der Waals surface area contributed by atoms with Crippen LogP contribution >= 0.6 is 0 Å². The normalized spacial score (nSPS) is 24.5. The van der Waals surface area contributed by atoms with E-state index in [-0.39, 0.29) is 18.9 Å². The summed E-state index contributed by atoms with van der Waals surface area (Å²) in [6.45, 7) is 0.943. The summed E-state index contributed by atoms with van der Waals surface area (Å²) in [4.78, 5) is 13.2. The molecule has 2 aliphatic heterocycles. The van der Waals surface area contributed by atoms with Crippen LogP contribution < -0.4 is 5.32 Å². The van der Waals surface area contributed by atoms with Gasteiger partial charge in [-0.2, -0.15) is 5.10 Å². The molecule has 22 heavy (non-hydrogen) atoms. The van der Waals surface area contributed by atoms with Gasteiger partial charge in [0.1, 0.15) is 5.82 Å². The second kappa shape index (κ2) is 5.83. The molecule has 0 aromatic carbocycles. The number of alkyl halides is 2. The number of carbonyl (C=O) groups is 1. The van der Waals surface area contributed by atoms with Gasteiger partial charge in [0, 0.05) is 38.6 Å². The lowest BCUT2D eigenvalue weighted by Crippen LogP contribution is -2.35. The van der Waals surface area contributed by atoms with E-state index < -0.39 is 18.5 Å². The minimum Gasteiger partial charge on any atom is -0.381 e. The SMILES string of the molecule is Cn1nc(C2CCCOC2)cc1NC(=O)N1CCC(F)(F)C1. The fourth-order valence-electron chi connectivity index (χ4n) is 2.88. The van der Waals surface area contributed by atoms with Crippen LogP contribution in [0.1, 0.15) is 30.9 Å². The van der Waals surface area contributed by atoms with E-state index in [4.69, 9.17) is 4.74 Å². The number of aromatic nitrogens is 2. The van der Waals surface area contributed by atoms with Crippen molar-refractivity contribution in [2.24, 2.45) is 7.05 Å². The van der Waals surface area contributed by atoms with Crippen molar-refractivity contribution in [3.8, 4) is 0 Å². The maximum atomic E-state index is 13.2. The van der Waals surface area contributed by atoms with Gasteiger partial charge in [-0.25, -0.2) is 13.6 Å². The zero-order chi connectivity index (χ0) is 15.7. The van der Waals surface area contributed by atoms with Crippen LogP contribution in [-0.2, 0) is 11.8 Å². The molecule has 8 heteroatoms. The number of hydrogen-bond donors (Lipinski definition) is 1. The maximum absolute atomic E-state index is 13.2. The number of urea groups is 1. The van der Waals surface area contributed by atoms with Gasteiger partial charge in [-0.05, 0) is 12.8 Å². The Balaban J connectivity index is 1.65. The molecule has 1 unspecified atom stereocenters. The molecule has 3 heterocycles. The van der Waals surface area contributed by atoms with E-state index in [1.165, 1.54) is 0 Å². The first-order chi connectivity index (χ1) is 10.4. The number of ether oxygens (including phenoxy) is 1. The Bertz CT molecular complexity index is 555. The molecular formula is C14H20F2N4O2. The number of anilines is 1. The highest BCUT2D eigenvalue weighted by Crippen LogP contribution is 2.28. The van der Waals surface area contributed by atoms with Crippen LogP contribution in [-0.4, -0.2) is 52.9 Å². The van der Waals surface area contributed by atoms with Gasteiger partial charge in [0.2, 0.25) is 0 Å². The van der Waals surface area contributed by atoms with E-state index in [0.717, 1.165) is 30.0 Å². The number of carbonyl (C=O) groups excluding carboxylic acids is 1. The van der Waals surface area contributed by atoms with Gasteiger partial charge in [-0.3, -0.25) is 10.00 Å². The number of rotatable bonds is 2. The first-order valence-corrected chi connectivity index (χ1v) is 7.50. The molecule has 1 atom stereocenters. The molecule has 1 aromatic heterocycles. The second-order valence-electron chi connectivity index (χ2n) is 5.95. The molecule has 6 nitrogen and oxygen atoms in total. The van der Waals surface area contributed by atoms with E-state index in [1.54, 1.807) is 17.8 Å². The number of aryl methyl sites for hydroxylation is 1. The molecule has 122 valence electrons. The lowest BCUT2D eigenvalue weighted by atomic mass is 9.99. The van der Waals surface area contributed by atoms with Crippen LogP contribution in [0.5, 0.6) is 0 Å². The van der Waals surface area contributed by atoms with E-state index in [0.29, 0.717) is 12.4 Å². The summed E-state index contributed by atoms with van der Waals surface area (Å²) in [5, 5.41) is 7.06. The monoisotopic (exact) mass is 314 g/mol. The van der Waals surface area contributed by atoms with E-state index >= 15 is 0 Å². The van der Waals surface area contributed by atoms with Crippen molar-refractivity contribution in [2.75, 3.05) is 31.6 Å². The van der Waals surface area contributed by atoms with Crippen molar-refractivity contribution in [1.29, 1.82) is 0 Å². The number of hydrogen-bond acceptors (Lipinski definition) is 3. The van der Waals surface area contributed by atoms with Crippen LogP contribution in [0.2, 0.25) is 0 Å². The molecule has 2 fully saturated rings. The average molecular weight is 314 g/mol. The Morgan fingerprint density at radius 1 is 1.55 bits per heavy atom. The Labute approximate surface area is 127 Å². The summed E-state index contributed by atoms with van der Waals surface area (Å²) in [5.74, 6) is -2.04. The summed E-state index contributed by atoms with van der Waals surface area (Å²) in [6, 6.07) is 1.29. The number of halogens is 2. The van der Waals surface area contributed by atoms with Crippen LogP contribution in [0.25, 0.3) is 0 Å². The van der Waals surface area contributed by atoms with Gasteiger partial charge in [0.25, 0.3) is 5.92 Å². The molecule has 0 saturated carbocycles. The van der Waals surface area contributed by atoms with Gasteiger partial charge < -0.3 is 9.64 Å². The van der Waals surface area contributed by atoms with Crippen molar-refractivity contribution < 1.29 is 18.3 Å². The van der Waals surface area contributed by atoms with E-state index in [2.05, 4.69) is 10.4 Å². The lowest BCUT2D eigenvalue weighted by Gasteiger charge is -2.19. The molecule has 0 spiro atoms. The summed E-state index contributed by atoms with van der Waals surface area (Å²) >= 11 is 0. The fraction of sp³-hybridized carbons (Fsp3) is 0.714. The van der Waals surface area contributed by atoms with Crippen LogP contribution in [0.15, 0.2) is 6.07 Å². The Morgan fingerprint density at radius 3 is 3.00 bits per heavy atom. The fourth-order valence-corrected chi connectivity index (χ4v) is 2.88. The highest BCUT2D eigenvalue weighted by Gasteiger charge is 2.40. The molecule has 2 aliphatic rings. The zero-order valence-electron chi connectivity index (χ0n) is 12.5. The molecular weight excluding hydrogens is 294 g/mol. The molecule has 1 aromatic rings. The predicted octanol–water partition coefficient (Wildman–Crippen LogP) is 2.19. The number of likely N-dealkylation sites (tertiary alicyclic amines) is 1. The molecule has 0 radical (unpaired) electrons. The molecule has 0 bridgehead atoms. The lowest BCUT2D eigenvalue weighted by molar-refractivity contribution is 0.0159. The van der Waals surface area contributed by atoms with Gasteiger partial charge in [0.05, 0.1) is 18.8 Å². The molecule has 3 rings (SSSR count). The average Bonchev–Trinajstić information content (AvgIpc) is 3.03. The van der Waals surface area contributed by atoms with Crippen molar-refractivity contribution in [3.05, 3.63) is 11.8 Å². The zero-order valence-corrected chi connectivity index (χ0v) is 12.5. The highest BCUT2D eigenvalue weighted by molar-refractivity contribution is 5.88. The summed E-state index contributed by atoms with van der Waals surface area (Å²) < 4.78 is 33.3. The predicted molar refractivity (Wildman–Crippen MR) is 76.2 cm³/mol. The number of amides is 2. The number of nitrogens with zero attached hydrogens (tertiary/aromatic N) is 3. The molecule has 0 aliphatic carbocycles. The van der Waals surface area contributed by atoms with E-state index in [1.807, 2.05) is 0 Å². The topological polar surface area (TPSA) is 59.4 Å². The minimum absolute atomic E-state index is 0.0695. The van der Waals surface area contributed by atoms with Crippen LogP contribution in [0, 0.1) is 0 Å². The third-order valence-corrected chi connectivity index (χ3v) is 4.17. The van der Waals surface area contributed by atoms with E-state index in [9.17, 15) is 13.6 Å². The summed E-state index contributed by atoms with van der Waals surface area (Å²) in [7, 11) is 1.72. The van der Waals surface area contributed by atoms with Crippen LogP contribution in [0.4, 0.5) is 19.4 Å². The molecule has 2 amide bonds. The van der Waals surface area contributed by atoms with Gasteiger partial charge >= 0.3 is 6.03 Å². The number of nitrogens with one attached hydrogen (secondary N) is 1. The van der Waals surface area contributed by atoms with Gasteiger partial charge in [-0.1, -0.05) is 0 Å². The standard InChI is InChI=1S/C14H20F2N4O2/c1-19-12(7-11(18-19)10-3-2-6-22-8-10)17-13(21)20-5-4-14(15,16)9-20/h7,10H,2-6,8-9H2,1H3,(H,17,21). The Morgan fingerprint density at radius 2 is 2.36 bits per heavy atom. The van der Waals surface area contributed by atoms with Gasteiger partial charge in [0.15, 0.2) is 0 Å². The van der Waals surface area contributed by atoms with Crippen LogP contribution in [0.3, 0.4) is 0 Å². The van der Waals surface area contributed by atoms with Crippen molar-refractivity contribution in [2.45, 2.75) is 31.1 Å². The smallest absolute Gasteiger partial charge is 0.323 e. The molecule has 1 N–H and O–H groups in total. The van der Waals surface area contributed by atoms with Crippen molar-refractivity contribution >= 4 is 11.8 Å². The summed E-state index contributed by atoms with van der Waals surface area (Å²) in [5.41, 5.74) is 0.865. The summed E-state index contributed by atoms with van der Waals surface area (Å²) in [6.07, 6.45) is 1.71. The highest BCUT2D eigenvalue weighted by atomic mass is 19.3. The first-order valence-electron chi connectivity index (χ1n) is 7.50. The van der Waals surface area contributed by atoms with Crippen molar-refractivity contribution in [1.82, 2.24) is 14.7 Å². The van der Waals surface area contributed by atoms with Crippen molar-refractivity contribution in [3.63, 3.8) is 0 Å².